The fourth-order valence-corrected chi connectivity index (χ4v) is 16.4. The smallest absolute Gasteiger partial charge is 0.303 e. The molecule has 102 heavy (non-hydrogen) atoms. The molecule has 0 saturated carbocycles. The zero-order valence-electron chi connectivity index (χ0n) is 64.9. The molecule has 19 nitrogen and oxygen atoms in total. The Hall–Kier alpha value is -5.74. The number of aliphatic hydroxyl groups excluding tert-OH is 6. The van der Waals surface area contributed by atoms with Gasteiger partial charge in [-0.1, -0.05) is 102 Å². The first-order valence-corrected chi connectivity index (χ1v) is 37.7. The van der Waals surface area contributed by atoms with E-state index in [1.807, 2.05) is 20.8 Å². The van der Waals surface area contributed by atoms with E-state index in [1.54, 1.807) is 27.7 Å². The summed E-state index contributed by atoms with van der Waals surface area (Å²) in [6, 6.07) is 6.38. The molecule has 6 aliphatic rings. The third-order valence-corrected chi connectivity index (χ3v) is 22.5. The van der Waals surface area contributed by atoms with Crippen molar-refractivity contribution in [1.29, 1.82) is 0 Å². The second-order valence-electron chi connectivity index (χ2n) is 31.8. The Morgan fingerprint density at radius 3 is 1.09 bits per heavy atom. The molecule has 0 aromatic heterocycles. The number of allylic oxidation sites excluding steroid dienone is 6. The largest absolute Gasteiger partial charge is 0.504 e. The van der Waals surface area contributed by atoms with Gasteiger partial charge in [-0.3, -0.25) is 9.59 Å². The van der Waals surface area contributed by atoms with Crippen LogP contribution in [-0.4, -0.2) is 144 Å². The fourth-order valence-electron chi connectivity index (χ4n) is 16.4. The highest BCUT2D eigenvalue weighted by Crippen LogP contribution is 2.55. The van der Waals surface area contributed by atoms with Gasteiger partial charge in [-0.2, -0.15) is 0 Å². The van der Waals surface area contributed by atoms with E-state index in [-0.39, 0.29) is 46.5 Å². The quantitative estimate of drug-likeness (QED) is 0.0375. The van der Waals surface area contributed by atoms with Gasteiger partial charge in [0.2, 0.25) is 18.9 Å². The van der Waals surface area contributed by atoms with E-state index in [1.165, 1.54) is 47.3 Å². The molecular weight excluding hydrogens is 1300 g/mol. The predicted molar refractivity (Wildman–Crippen MR) is 394 cm³/mol. The molecule has 9 rings (SSSR count). The number of esters is 2. The number of benzene rings is 3. The van der Waals surface area contributed by atoms with Crippen molar-refractivity contribution in [3.05, 3.63) is 103 Å². The van der Waals surface area contributed by atoms with Crippen molar-refractivity contribution in [1.82, 2.24) is 0 Å². The number of aromatic hydroxyl groups is 3. The van der Waals surface area contributed by atoms with Crippen LogP contribution in [0.15, 0.2) is 53.1 Å². The Balaban J connectivity index is 0.000000215. The molecule has 0 spiro atoms. The molecule has 15 unspecified atom stereocenters. The number of carbonyl (C=O) groups excluding carboxylic acids is 2. The summed E-state index contributed by atoms with van der Waals surface area (Å²) in [6.45, 7) is 41.0. The minimum atomic E-state index is -1.45. The van der Waals surface area contributed by atoms with Gasteiger partial charge in [-0.05, 0) is 247 Å². The molecule has 3 fully saturated rings. The van der Waals surface area contributed by atoms with Gasteiger partial charge in [0, 0.05) is 36.5 Å². The summed E-state index contributed by atoms with van der Waals surface area (Å²) in [6.07, 6.45) is 4.95. The van der Waals surface area contributed by atoms with Crippen molar-refractivity contribution in [3.63, 3.8) is 0 Å². The molecular formula is C83H126O19. The van der Waals surface area contributed by atoms with Gasteiger partial charge < -0.3 is 83.9 Å². The molecule has 0 bridgehead atoms. The summed E-state index contributed by atoms with van der Waals surface area (Å²) in [5, 5.41) is 96.8. The van der Waals surface area contributed by atoms with Gasteiger partial charge in [0.05, 0.1) is 24.4 Å². The normalized spacial score (nSPS) is 31.9. The first kappa shape index (κ1) is 83.5. The van der Waals surface area contributed by atoms with E-state index >= 15 is 0 Å². The van der Waals surface area contributed by atoms with Crippen molar-refractivity contribution in [3.8, 4) is 34.5 Å². The molecule has 3 aliphatic carbocycles. The Labute approximate surface area is 608 Å². The Bertz CT molecular complexity index is 3400. The molecule has 0 amide bonds. The van der Waals surface area contributed by atoms with Crippen LogP contribution in [0.2, 0.25) is 0 Å². The summed E-state index contributed by atoms with van der Waals surface area (Å²) < 4.78 is 45.8. The summed E-state index contributed by atoms with van der Waals surface area (Å²) >= 11 is 0. The topological polar surface area (TPSA) is 290 Å². The van der Waals surface area contributed by atoms with Crippen molar-refractivity contribution >= 4 is 11.9 Å². The van der Waals surface area contributed by atoms with E-state index in [2.05, 4.69) is 120 Å². The number of phenolic OH excluding ortho intramolecular Hbond substituents is 3. The standard InChI is InChI=1S/2C28H42O7.C27H42O5/c1-14(2)9-8-10-15(3)20-12-11-16(4)22-21(20)13-17(5)26(23(22)30)35-28-25(32)24(31)27(18(6)33-28)34-19(7)29;1-14(2)9-8-10-15(3)20-12-11-16(4)22-21(20)13-17(5)26(24(22)31)35-28-25(32)27(34-19(7)29)23(30)18(6)33-28;1-14(2)9-8-10-15(3)20-12-11-16(4)22-21(20)13-17(5)26(25(22)30)32-27-18(6)23(28)24(29)19(7)31-27/h9,13,15-16,18,20,24-25,27-28,30-32H,8,10-12H2,1-7H3;9,13,15-16,18,20,23,25,27-28,30-32H,8,10-12H2,1-7H3;9,13,15-16,18-20,23-24,27-30H,8,10-12H2,1-7H3/t15-,16-,18?,20+,24?,25?,27?,28?;15-,16-,18?,20+,23?,25?,27?,28?;15-,16-,18?,19?,20+,23?,24?,27?/m000/s1. The molecule has 3 aromatic carbocycles. The molecule has 19 heteroatoms. The molecule has 572 valence electrons. The lowest BCUT2D eigenvalue weighted by molar-refractivity contribution is -0.272. The number of fused-ring (bicyclic) bond motifs is 3. The number of rotatable bonds is 20. The SMILES string of the molecule is CC(=O)OC1C(C)OC(Oc2c(C)cc3c(c2O)[C@@H](C)CC[C@@H]3[C@@H](C)CCC=C(C)C)C(O)C1O.CC(=O)OC1C(O)C(C)OC(Oc2c(C)cc3c(c2O)[C@@H](C)CC[C@@H]3[C@@H](C)CCC=C(C)C)C1O.CC(C)=CCC[C@H](C)[C@H]1CC[C@H](C)c2c1cc(C)c(OC1OC(C)C(O)C(O)C1C)c2O. The van der Waals surface area contributed by atoms with Gasteiger partial charge in [0.15, 0.2) is 52.8 Å². The van der Waals surface area contributed by atoms with E-state index in [9.17, 15) is 55.5 Å². The van der Waals surface area contributed by atoms with Crippen LogP contribution in [0.5, 0.6) is 34.5 Å². The highest BCUT2D eigenvalue weighted by Gasteiger charge is 2.49. The monoisotopic (exact) mass is 1430 g/mol. The number of hydrogen-bond acceptors (Lipinski definition) is 19. The van der Waals surface area contributed by atoms with Crippen LogP contribution >= 0.6 is 0 Å². The minimum Gasteiger partial charge on any atom is -0.504 e. The Morgan fingerprint density at radius 2 is 0.735 bits per heavy atom. The lowest BCUT2D eigenvalue weighted by Crippen LogP contribution is -2.59. The number of aliphatic hydroxyl groups is 6. The van der Waals surface area contributed by atoms with Gasteiger partial charge in [0.1, 0.15) is 24.4 Å². The van der Waals surface area contributed by atoms with Crippen molar-refractivity contribution in [2.75, 3.05) is 0 Å². The van der Waals surface area contributed by atoms with Crippen LogP contribution in [0.3, 0.4) is 0 Å². The Kier molecular flexibility index (Phi) is 29.9. The number of phenols is 3. The van der Waals surface area contributed by atoms with Gasteiger partial charge in [-0.15, -0.1) is 0 Å². The third kappa shape index (κ3) is 19.8. The predicted octanol–water partition coefficient (Wildman–Crippen LogP) is 15.2. The summed E-state index contributed by atoms with van der Waals surface area (Å²) in [7, 11) is 0. The van der Waals surface area contributed by atoms with E-state index in [4.69, 9.17) is 37.9 Å². The van der Waals surface area contributed by atoms with Crippen LogP contribution in [0, 0.1) is 44.4 Å². The maximum atomic E-state index is 11.5. The van der Waals surface area contributed by atoms with E-state index in [0.717, 1.165) is 110 Å². The number of aryl methyl sites for hydroxylation is 3. The van der Waals surface area contributed by atoms with E-state index in [0.29, 0.717) is 41.3 Å². The fraction of sp³-hybridized carbons (Fsp3) is 0.687. The zero-order valence-corrected chi connectivity index (χ0v) is 64.9. The maximum absolute atomic E-state index is 11.5. The summed E-state index contributed by atoms with van der Waals surface area (Å²) in [5.74, 6) is 2.88. The van der Waals surface area contributed by atoms with Crippen LogP contribution in [0.4, 0.5) is 0 Å². The van der Waals surface area contributed by atoms with Crippen LogP contribution in [-0.2, 0) is 33.3 Å². The van der Waals surface area contributed by atoms with Crippen LogP contribution in [0.25, 0.3) is 0 Å². The van der Waals surface area contributed by atoms with Crippen LogP contribution in [0.1, 0.15) is 287 Å². The van der Waals surface area contributed by atoms with Crippen molar-refractivity contribution in [2.24, 2.45) is 23.7 Å². The highest BCUT2D eigenvalue weighted by molar-refractivity contribution is 5.67. The molecule has 3 saturated heterocycles. The Morgan fingerprint density at radius 1 is 0.422 bits per heavy atom. The minimum absolute atomic E-state index is 0.0762. The molecule has 3 heterocycles. The summed E-state index contributed by atoms with van der Waals surface area (Å²) in [5.41, 5.74) is 12.8. The molecule has 0 radical (unpaired) electrons. The van der Waals surface area contributed by atoms with E-state index < -0.39 is 104 Å². The number of carbonyl (C=O) groups is 2. The lowest BCUT2D eigenvalue weighted by Gasteiger charge is -2.41. The van der Waals surface area contributed by atoms with Crippen molar-refractivity contribution < 1.29 is 93.4 Å². The molecule has 3 aromatic rings. The molecule has 9 N–H and O–H groups in total. The average Bonchev–Trinajstić information content (AvgIpc) is 0.770. The maximum Gasteiger partial charge on any atom is 0.303 e. The first-order valence-electron chi connectivity index (χ1n) is 37.7. The number of ether oxygens (including phenoxy) is 8. The summed E-state index contributed by atoms with van der Waals surface area (Å²) in [4.78, 5) is 22.9. The lowest BCUT2D eigenvalue weighted by atomic mass is 9.70. The number of hydrogen-bond donors (Lipinski definition) is 9. The van der Waals surface area contributed by atoms with Gasteiger partial charge in [0.25, 0.3) is 0 Å². The highest BCUT2D eigenvalue weighted by atomic mass is 16.7. The average molecular weight is 1430 g/mol. The van der Waals surface area contributed by atoms with Gasteiger partial charge in [-0.25, -0.2) is 0 Å². The molecule has 3 aliphatic heterocycles. The zero-order chi connectivity index (χ0) is 75.8. The first-order chi connectivity index (χ1) is 47.9. The molecule has 24 atom stereocenters. The second-order valence-corrected chi connectivity index (χ2v) is 31.8. The van der Waals surface area contributed by atoms with Crippen molar-refractivity contribution in [2.45, 2.75) is 344 Å². The van der Waals surface area contributed by atoms with Gasteiger partial charge >= 0.3 is 11.9 Å². The van der Waals surface area contributed by atoms with Crippen LogP contribution < -0.4 is 14.2 Å². The second kappa shape index (κ2) is 36.5. The third-order valence-electron chi connectivity index (χ3n) is 22.5.